The number of nitrogens with zero attached hydrogens (tertiary/aromatic N) is 1. The number of hydrogen-bond acceptors (Lipinski definition) is 1. The Kier molecular flexibility index (Phi) is 4.43. The molecule has 0 aromatic heterocycles. The molecule has 0 fully saturated rings. The zero-order valence-electron chi connectivity index (χ0n) is 8.76. The fourth-order valence-corrected chi connectivity index (χ4v) is 1.95. The van der Waals surface area contributed by atoms with Crippen molar-refractivity contribution in [3.05, 3.63) is 29.3 Å². The third-order valence-electron chi connectivity index (χ3n) is 2.24. The molecule has 1 aromatic rings. The lowest BCUT2D eigenvalue weighted by atomic mass is 10.1. The van der Waals surface area contributed by atoms with E-state index in [9.17, 15) is 4.79 Å². The molecule has 0 bridgehead atoms. The van der Waals surface area contributed by atoms with E-state index >= 15 is 0 Å². The number of benzene rings is 1. The Hall–Kier alpha value is -0.730. The molecule has 0 aliphatic carbocycles. The summed E-state index contributed by atoms with van der Waals surface area (Å²) in [5.74, 6) is -0.232. The molecule has 0 N–H and O–H groups in total. The zero-order chi connectivity index (χ0) is 11.4. The standard InChI is InChI=1S/C11H13Cl2NO/c1-8-4-3-5-9(2)11(8)14(7-13)10(15)6-12/h3-5H,6-7H2,1-2H3. The van der Waals surface area contributed by atoms with Crippen molar-refractivity contribution in [2.45, 2.75) is 13.8 Å². The van der Waals surface area contributed by atoms with E-state index in [4.69, 9.17) is 23.2 Å². The van der Waals surface area contributed by atoms with E-state index in [1.807, 2.05) is 32.0 Å². The highest BCUT2D eigenvalue weighted by Gasteiger charge is 2.17. The minimum absolute atomic E-state index is 0.0551. The third-order valence-corrected chi connectivity index (χ3v) is 2.71. The molecule has 0 saturated heterocycles. The summed E-state index contributed by atoms with van der Waals surface area (Å²) in [6.45, 7) is 3.90. The number of carbonyl (C=O) groups is 1. The summed E-state index contributed by atoms with van der Waals surface area (Å²) < 4.78 is 0. The van der Waals surface area contributed by atoms with Crippen molar-refractivity contribution in [1.82, 2.24) is 0 Å². The molecule has 0 spiro atoms. The van der Waals surface area contributed by atoms with Crippen molar-refractivity contribution in [3.63, 3.8) is 0 Å². The van der Waals surface area contributed by atoms with Crippen LogP contribution in [-0.2, 0) is 4.79 Å². The second-order valence-corrected chi connectivity index (χ2v) is 3.82. The van der Waals surface area contributed by atoms with E-state index < -0.39 is 0 Å². The molecule has 0 aliphatic rings. The summed E-state index contributed by atoms with van der Waals surface area (Å²) >= 11 is 11.3. The van der Waals surface area contributed by atoms with Crippen LogP contribution >= 0.6 is 23.2 Å². The van der Waals surface area contributed by atoms with E-state index in [0.29, 0.717) is 0 Å². The molecule has 0 heterocycles. The van der Waals surface area contributed by atoms with Crippen molar-refractivity contribution in [3.8, 4) is 0 Å². The van der Waals surface area contributed by atoms with Crippen LogP contribution in [0.4, 0.5) is 5.69 Å². The number of amides is 1. The Labute approximate surface area is 99.8 Å². The lowest BCUT2D eigenvalue weighted by molar-refractivity contribution is -0.116. The number of hydrogen-bond donors (Lipinski definition) is 0. The van der Waals surface area contributed by atoms with Gasteiger partial charge in [-0.05, 0) is 25.0 Å². The molecule has 0 saturated carbocycles. The molecule has 1 amide bonds. The van der Waals surface area contributed by atoms with Crippen LogP contribution < -0.4 is 4.90 Å². The molecule has 0 unspecified atom stereocenters. The number of rotatable bonds is 3. The van der Waals surface area contributed by atoms with E-state index in [1.165, 1.54) is 4.90 Å². The van der Waals surface area contributed by atoms with Gasteiger partial charge in [0.1, 0.15) is 11.9 Å². The fourth-order valence-electron chi connectivity index (χ4n) is 1.55. The SMILES string of the molecule is Cc1cccc(C)c1N(CCl)C(=O)CCl. The van der Waals surface area contributed by atoms with Crippen LogP contribution in [0.3, 0.4) is 0 Å². The first kappa shape index (κ1) is 12.3. The van der Waals surface area contributed by atoms with Gasteiger partial charge in [-0.2, -0.15) is 0 Å². The first-order valence-corrected chi connectivity index (χ1v) is 5.67. The average molecular weight is 246 g/mol. The van der Waals surface area contributed by atoms with E-state index in [-0.39, 0.29) is 17.8 Å². The van der Waals surface area contributed by atoms with Gasteiger partial charge in [-0.1, -0.05) is 18.2 Å². The van der Waals surface area contributed by atoms with Crippen molar-refractivity contribution in [2.24, 2.45) is 0 Å². The number of aryl methyl sites for hydroxylation is 2. The molecule has 0 aliphatic heterocycles. The van der Waals surface area contributed by atoms with Crippen LogP contribution in [-0.4, -0.2) is 17.8 Å². The number of anilines is 1. The Morgan fingerprint density at radius 3 is 2.20 bits per heavy atom. The van der Waals surface area contributed by atoms with E-state index in [0.717, 1.165) is 16.8 Å². The summed E-state index contributed by atoms with van der Waals surface area (Å²) in [5.41, 5.74) is 2.90. The van der Waals surface area contributed by atoms with Crippen LogP contribution in [0.15, 0.2) is 18.2 Å². The quantitative estimate of drug-likeness (QED) is 0.592. The lowest BCUT2D eigenvalue weighted by Crippen LogP contribution is -2.31. The van der Waals surface area contributed by atoms with Gasteiger partial charge >= 0.3 is 0 Å². The topological polar surface area (TPSA) is 20.3 Å². The first-order valence-electron chi connectivity index (χ1n) is 4.60. The van der Waals surface area contributed by atoms with E-state index in [2.05, 4.69) is 0 Å². The van der Waals surface area contributed by atoms with Gasteiger partial charge in [0.05, 0.1) is 5.69 Å². The molecule has 2 nitrogen and oxygen atoms in total. The molecule has 15 heavy (non-hydrogen) atoms. The van der Waals surface area contributed by atoms with Crippen LogP contribution in [0.5, 0.6) is 0 Å². The first-order chi connectivity index (χ1) is 7.11. The molecular weight excluding hydrogens is 233 g/mol. The summed E-state index contributed by atoms with van der Waals surface area (Å²) in [6.07, 6.45) is 0. The maximum Gasteiger partial charge on any atom is 0.242 e. The normalized spacial score (nSPS) is 10.1. The number of alkyl halides is 2. The van der Waals surface area contributed by atoms with Gasteiger partial charge < -0.3 is 0 Å². The number of carbonyl (C=O) groups excluding carboxylic acids is 1. The van der Waals surface area contributed by atoms with Gasteiger partial charge in [0, 0.05) is 0 Å². The summed E-state index contributed by atoms with van der Waals surface area (Å²) in [4.78, 5) is 13.1. The second kappa shape index (κ2) is 5.38. The highest BCUT2D eigenvalue weighted by molar-refractivity contribution is 6.31. The third kappa shape index (κ3) is 2.64. The maximum absolute atomic E-state index is 11.6. The van der Waals surface area contributed by atoms with Crippen LogP contribution in [0.25, 0.3) is 0 Å². The highest BCUT2D eigenvalue weighted by atomic mass is 35.5. The average Bonchev–Trinajstić information content (AvgIpc) is 2.22. The summed E-state index contributed by atoms with van der Waals surface area (Å²) in [6, 6.07) is 5.97. The summed E-state index contributed by atoms with van der Waals surface area (Å²) in [5, 5.41) is 0. The smallest absolute Gasteiger partial charge is 0.242 e. The molecular formula is C11H13Cl2NO. The molecule has 1 rings (SSSR count). The molecule has 0 atom stereocenters. The Morgan fingerprint density at radius 2 is 1.80 bits per heavy atom. The Balaban J connectivity index is 3.17. The van der Waals surface area contributed by atoms with Crippen molar-refractivity contribution >= 4 is 34.8 Å². The number of para-hydroxylation sites is 1. The van der Waals surface area contributed by atoms with Gasteiger partial charge in [0.15, 0.2) is 0 Å². The van der Waals surface area contributed by atoms with Gasteiger partial charge in [0.25, 0.3) is 0 Å². The summed E-state index contributed by atoms with van der Waals surface area (Å²) in [7, 11) is 0. The zero-order valence-corrected chi connectivity index (χ0v) is 10.3. The maximum atomic E-state index is 11.6. The van der Waals surface area contributed by atoms with Crippen molar-refractivity contribution in [1.29, 1.82) is 0 Å². The van der Waals surface area contributed by atoms with Gasteiger partial charge in [-0.3, -0.25) is 9.69 Å². The van der Waals surface area contributed by atoms with Crippen LogP contribution in [0.1, 0.15) is 11.1 Å². The highest BCUT2D eigenvalue weighted by Crippen LogP contribution is 2.25. The van der Waals surface area contributed by atoms with Gasteiger partial charge in [-0.15, -0.1) is 23.2 Å². The second-order valence-electron chi connectivity index (χ2n) is 3.32. The van der Waals surface area contributed by atoms with Crippen LogP contribution in [0.2, 0.25) is 0 Å². The molecule has 1 aromatic carbocycles. The van der Waals surface area contributed by atoms with Gasteiger partial charge in [0.2, 0.25) is 5.91 Å². The molecule has 0 radical (unpaired) electrons. The minimum atomic E-state index is -0.177. The lowest BCUT2D eigenvalue weighted by Gasteiger charge is -2.22. The van der Waals surface area contributed by atoms with E-state index in [1.54, 1.807) is 0 Å². The van der Waals surface area contributed by atoms with Crippen molar-refractivity contribution in [2.75, 3.05) is 16.8 Å². The van der Waals surface area contributed by atoms with Crippen molar-refractivity contribution < 1.29 is 4.79 Å². The predicted molar refractivity (Wildman–Crippen MR) is 64.8 cm³/mol. The molecule has 82 valence electrons. The number of halogens is 2. The minimum Gasteiger partial charge on any atom is -0.297 e. The van der Waals surface area contributed by atoms with Gasteiger partial charge in [-0.25, -0.2) is 0 Å². The predicted octanol–water partition coefficient (Wildman–Crippen LogP) is 3.07. The Bertz CT molecular complexity index is 345. The Morgan fingerprint density at radius 1 is 1.27 bits per heavy atom. The largest absolute Gasteiger partial charge is 0.297 e. The monoisotopic (exact) mass is 245 g/mol. The van der Waals surface area contributed by atoms with Crippen LogP contribution in [0, 0.1) is 13.8 Å². The molecule has 4 heteroatoms. The fraction of sp³-hybridized carbons (Fsp3) is 0.364.